The summed E-state index contributed by atoms with van der Waals surface area (Å²) in [5.41, 5.74) is -0.789. The molecule has 0 aliphatic carbocycles. The first-order valence-electron chi connectivity index (χ1n) is 8.13. The van der Waals surface area contributed by atoms with Gasteiger partial charge in [-0.25, -0.2) is 13.4 Å². The maximum Gasteiger partial charge on any atom is 0.248 e. The molecule has 1 aliphatic heterocycles. The molecule has 0 bridgehead atoms. The van der Waals surface area contributed by atoms with Crippen molar-refractivity contribution in [3.8, 4) is 0 Å². The zero-order valence-electron chi connectivity index (χ0n) is 14.4. The van der Waals surface area contributed by atoms with Crippen LogP contribution in [0.3, 0.4) is 0 Å². The highest BCUT2D eigenvalue weighted by atomic mass is 32.2. The maximum absolute atomic E-state index is 12.9. The Labute approximate surface area is 147 Å². The van der Waals surface area contributed by atoms with Crippen LogP contribution in [0.25, 0.3) is 0 Å². The molecule has 8 heteroatoms. The summed E-state index contributed by atoms with van der Waals surface area (Å²) in [6.07, 6.45) is 5.85. The first-order chi connectivity index (χ1) is 11.9. The Morgan fingerprint density at radius 2 is 1.80 bits per heavy atom. The number of hydrogen-bond acceptors (Lipinski definition) is 4. The quantitative estimate of drug-likeness (QED) is 0.818. The first-order valence-corrected chi connectivity index (χ1v) is 9.57. The van der Waals surface area contributed by atoms with Crippen LogP contribution in [-0.2, 0) is 20.4 Å². The van der Waals surface area contributed by atoms with Crippen LogP contribution in [0.15, 0.2) is 53.9 Å². The van der Waals surface area contributed by atoms with Gasteiger partial charge in [0.25, 0.3) is 0 Å². The minimum Gasteiger partial charge on any atom is -0.347 e. The van der Waals surface area contributed by atoms with Gasteiger partial charge >= 0.3 is 0 Å². The van der Waals surface area contributed by atoms with Gasteiger partial charge in [0.1, 0.15) is 5.54 Å². The molecule has 0 spiro atoms. The van der Waals surface area contributed by atoms with Crippen molar-refractivity contribution in [3.05, 3.63) is 49.1 Å². The number of rotatable bonds is 4. The fourth-order valence-corrected chi connectivity index (χ4v) is 4.81. The molecule has 1 fully saturated rings. The van der Waals surface area contributed by atoms with E-state index in [1.165, 1.54) is 4.31 Å². The standard InChI is InChI=1S/C17H22N4O3S/c1-19(2)16(22)17(20-13-10-18-14-20)8-11-21(12-9-17)25(23,24)15-6-4-3-5-7-15/h3-7,10,13-14H,8-9,11-12H2,1-2H3. The highest BCUT2D eigenvalue weighted by molar-refractivity contribution is 7.89. The van der Waals surface area contributed by atoms with Gasteiger partial charge in [0.2, 0.25) is 15.9 Å². The van der Waals surface area contributed by atoms with E-state index in [9.17, 15) is 13.2 Å². The molecular weight excluding hydrogens is 340 g/mol. The number of nitrogens with zero attached hydrogens (tertiary/aromatic N) is 4. The van der Waals surface area contributed by atoms with E-state index in [1.54, 1.807) is 68.0 Å². The zero-order valence-corrected chi connectivity index (χ0v) is 15.2. The summed E-state index contributed by atoms with van der Waals surface area (Å²) >= 11 is 0. The monoisotopic (exact) mass is 362 g/mol. The van der Waals surface area contributed by atoms with E-state index in [-0.39, 0.29) is 23.9 Å². The fourth-order valence-electron chi connectivity index (χ4n) is 3.35. The van der Waals surface area contributed by atoms with Crippen molar-refractivity contribution < 1.29 is 13.2 Å². The zero-order chi connectivity index (χ0) is 18.1. The summed E-state index contributed by atoms with van der Waals surface area (Å²) < 4.78 is 28.9. The molecule has 0 unspecified atom stereocenters. The molecule has 2 aromatic rings. The lowest BCUT2D eigenvalue weighted by Crippen LogP contribution is -2.55. The third kappa shape index (κ3) is 3.07. The van der Waals surface area contributed by atoms with Crippen molar-refractivity contribution in [2.24, 2.45) is 0 Å². The van der Waals surface area contributed by atoms with Crippen molar-refractivity contribution in [2.45, 2.75) is 23.3 Å². The van der Waals surface area contributed by atoms with Gasteiger partial charge in [-0.2, -0.15) is 4.31 Å². The molecule has 25 heavy (non-hydrogen) atoms. The number of hydrogen-bond donors (Lipinski definition) is 0. The van der Waals surface area contributed by atoms with E-state index in [1.807, 2.05) is 4.57 Å². The van der Waals surface area contributed by atoms with Crippen LogP contribution in [0, 0.1) is 0 Å². The van der Waals surface area contributed by atoms with E-state index in [0.717, 1.165) is 0 Å². The number of sulfonamides is 1. The van der Waals surface area contributed by atoms with Gasteiger partial charge in [0.15, 0.2) is 0 Å². The molecule has 0 atom stereocenters. The number of carbonyl (C=O) groups excluding carboxylic acids is 1. The number of piperidine rings is 1. The van der Waals surface area contributed by atoms with Crippen molar-refractivity contribution in [2.75, 3.05) is 27.2 Å². The Hall–Kier alpha value is -2.19. The molecule has 1 saturated heterocycles. The average molecular weight is 362 g/mol. The lowest BCUT2D eigenvalue weighted by Gasteiger charge is -2.42. The maximum atomic E-state index is 12.9. The average Bonchev–Trinajstić information content (AvgIpc) is 3.17. The van der Waals surface area contributed by atoms with Crippen LogP contribution < -0.4 is 0 Å². The van der Waals surface area contributed by atoms with Gasteiger partial charge in [-0.1, -0.05) is 18.2 Å². The topological polar surface area (TPSA) is 75.5 Å². The van der Waals surface area contributed by atoms with Crippen LogP contribution in [0.2, 0.25) is 0 Å². The molecule has 134 valence electrons. The predicted molar refractivity (Wildman–Crippen MR) is 93.3 cm³/mol. The lowest BCUT2D eigenvalue weighted by molar-refractivity contribution is -0.140. The fraction of sp³-hybridized carbons (Fsp3) is 0.412. The highest BCUT2D eigenvalue weighted by Gasteiger charge is 2.45. The normalized spacial score (nSPS) is 18.0. The van der Waals surface area contributed by atoms with Gasteiger partial charge in [-0.05, 0) is 25.0 Å². The molecule has 1 aromatic heterocycles. The minimum absolute atomic E-state index is 0.0396. The molecule has 3 rings (SSSR count). The largest absolute Gasteiger partial charge is 0.347 e. The van der Waals surface area contributed by atoms with Gasteiger partial charge in [-0.3, -0.25) is 4.79 Å². The number of aromatic nitrogens is 2. The highest BCUT2D eigenvalue weighted by Crippen LogP contribution is 2.34. The number of benzene rings is 1. The Bertz CT molecular complexity index is 824. The van der Waals surface area contributed by atoms with E-state index in [0.29, 0.717) is 12.8 Å². The minimum atomic E-state index is -3.54. The summed E-state index contributed by atoms with van der Waals surface area (Å²) in [5.74, 6) is -0.0396. The van der Waals surface area contributed by atoms with Crippen LogP contribution in [0.5, 0.6) is 0 Å². The summed E-state index contributed by atoms with van der Waals surface area (Å²) in [7, 11) is -0.111. The smallest absolute Gasteiger partial charge is 0.248 e. The van der Waals surface area contributed by atoms with Crippen LogP contribution >= 0.6 is 0 Å². The van der Waals surface area contributed by atoms with Crippen LogP contribution in [0.4, 0.5) is 0 Å². The van der Waals surface area contributed by atoms with Gasteiger partial charge < -0.3 is 9.47 Å². The molecule has 0 saturated carbocycles. The number of likely N-dealkylation sites (N-methyl/N-ethyl adjacent to an activating group) is 1. The molecule has 0 radical (unpaired) electrons. The summed E-state index contributed by atoms with van der Waals surface area (Å²) in [6, 6.07) is 8.40. The van der Waals surface area contributed by atoms with Gasteiger partial charge in [0, 0.05) is 39.6 Å². The van der Waals surface area contributed by atoms with E-state index in [2.05, 4.69) is 4.98 Å². The van der Waals surface area contributed by atoms with Crippen molar-refractivity contribution in [3.63, 3.8) is 0 Å². The molecule has 1 aromatic carbocycles. The molecule has 7 nitrogen and oxygen atoms in total. The van der Waals surface area contributed by atoms with Crippen LogP contribution in [-0.4, -0.2) is 60.3 Å². The Morgan fingerprint density at radius 1 is 1.16 bits per heavy atom. The lowest BCUT2D eigenvalue weighted by atomic mass is 9.86. The Kier molecular flexibility index (Phi) is 4.66. The summed E-state index contributed by atoms with van der Waals surface area (Å²) in [6.45, 7) is 0.573. The van der Waals surface area contributed by atoms with Crippen molar-refractivity contribution in [1.29, 1.82) is 0 Å². The molecule has 1 amide bonds. The Morgan fingerprint density at radius 3 is 2.32 bits per heavy atom. The second-order valence-corrected chi connectivity index (χ2v) is 8.36. The SMILES string of the molecule is CN(C)C(=O)C1(n2ccnc2)CCN(S(=O)(=O)c2ccccc2)CC1. The van der Waals surface area contributed by atoms with Crippen molar-refractivity contribution in [1.82, 2.24) is 18.8 Å². The Balaban J connectivity index is 1.87. The third-order valence-corrected chi connectivity index (χ3v) is 6.65. The van der Waals surface area contributed by atoms with Gasteiger partial charge in [0.05, 0.1) is 11.2 Å². The second kappa shape index (κ2) is 6.61. The molecule has 2 heterocycles. The number of amides is 1. The first kappa shape index (κ1) is 17.6. The van der Waals surface area contributed by atoms with E-state index in [4.69, 9.17) is 0 Å². The number of carbonyl (C=O) groups is 1. The molecule has 0 N–H and O–H groups in total. The third-order valence-electron chi connectivity index (χ3n) is 4.73. The molecular formula is C17H22N4O3S. The van der Waals surface area contributed by atoms with E-state index < -0.39 is 15.6 Å². The predicted octanol–water partition coefficient (Wildman–Crippen LogP) is 1.15. The molecule has 1 aliphatic rings. The second-order valence-electron chi connectivity index (χ2n) is 6.42. The number of imidazole rings is 1. The summed E-state index contributed by atoms with van der Waals surface area (Å²) in [5, 5.41) is 0. The van der Waals surface area contributed by atoms with E-state index >= 15 is 0 Å². The van der Waals surface area contributed by atoms with Gasteiger partial charge in [-0.15, -0.1) is 0 Å². The summed E-state index contributed by atoms with van der Waals surface area (Å²) in [4.78, 5) is 18.8. The van der Waals surface area contributed by atoms with Crippen molar-refractivity contribution >= 4 is 15.9 Å². The van der Waals surface area contributed by atoms with Crippen LogP contribution in [0.1, 0.15) is 12.8 Å².